The fourth-order valence-electron chi connectivity index (χ4n) is 2.94. The summed E-state index contributed by atoms with van der Waals surface area (Å²) in [6, 6.07) is 7.63. The number of aromatic nitrogens is 4. The maximum absolute atomic E-state index is 12.3. The van der Waals surface area contributed by atoms with E-state index in [0.29, 0.717) is 25.3 Å². The summed E-state index contributed by atoms with van der Waals surface area (Å²) >= 11 is 0. The first-order chi connectivity index (χ1) is 12.3. The van der Waals surface area contributed by atoms with E-state index in [1.54, 1.807) is 4.68 Å². The molecule has 1 aromatic carbocycles. The van der Waals surface area contributed by atoms with E-state index in [9.17, 15) is 18.0 Å². The van der Waals surface area contributed by atoms with Gasteiger partial charge in [0, 0.05) is 13.1 Å². The second-order valence-electron chi connectivity index (χ2n) is 6.34. The van der Waals surface area contributed by atoms with E-state index in [2.05, 4.69) is 15.5 Å². The average molecular weight is 368 g/mol. The van der Waals surface area contributed by atoms with Gasteiger partial charge in [0.15, 0.2) is 0 Å². The molecular weight excluding hydrogens is 349 g/mol. The maximum Gasteiger partial charge on any atom is 0.405 e. The molecule has 0 bridgehead atoms. The Morgan fingerprint density at radius 2 is 2.04 bits per heavy atom. The summed E-state index contributed by atoms with van der Waals surface area (Å²) < 4.78 is 38.5. The van der Waals surface area contributed by atoms with E-state index in [1.165, 1.54) is 0 Å². The van der Waals surface area contributed by atoms with Gasteiger partial charge in [0.25, 0.3) is 0 Å². The first kappa shape index (κ1) is 18.2. The van der Waals surface area contributed by atoms with Crippen molar-refractivity contribution in [1.82, 2.24) is 25.5 Å². The molecule has 1 aliphatic heterocycles. The number of amides is 1. The molecule has 0 saturated carbocycles. The van der Waals surface area contributed by atoms with Gasteiger partial charge >= 0.3 is 6.18 Å². The lowest BCUT2D eigenvalue weighted by atomic mass is 9.97. The number of nitrogens with one attached hydrogen (secondary N) is 1. The van der Waals surface area contributed by atoms with Crippen molar-refractivity contribution >= 4 is 11.9 Å². The lowest BCUT2D eigenvalue weighted by molar-refractivity contribution is -0.140. The molecule has 140 valence electrons. The van der Waals surface area contributed by atoms with Crippen LogP contribution in [0.15, 0.2) is 24.3 Å². The summed E-state index contributed by atoms with van der Waals surface area (Å²) in [6.07, 6.45) is -3.21. The highest BCUT2D eigenvalue weighted by Gasteiger charge is 2.32. The van der Waals surface area contributed by atoms with E-state index in [0.717, 1.165) is 11.3 Å². The molecular formula is C16H19F3N6O. The molecule has 1 N–H and O–H groups in total. The van der Waals surface area contributed by atoms with Crippen LogP contribution < -0.4 is 10.2 Å². The van der Waals surface area contributed by atoms with Gasteiger partial charge < -0.3 is 10.2 Å². The van der Waals surface area contributed by atoms with Gasteiger partial charge in [0.2, 0.25) is 11.9 Å². The van der Waals surface area contributed by atoms with Gasteiger partial charge in [-0.15, -0.1) is 0 Å². The van der Waals surface area contributed by atoms with Crippen LogP contribution in [-0.2, 0) is 4.79 Å². The third-order valence-corrected chi connectivity index (χ3v) is 4.27. The van der Waals surface area contributed by atoms with Crippen molar-refractivity contribution < 1.29 is 18.0 Å². The number of hydrogen-bond donors (Lipinski definition) is 1. The van der Waals surface area contributed by atoms with Crippen LogP contribution in [0, 0.1) is 12.8 Å². The Balaban J connectivity index is 1.71. The minimum absolute atomic E-state index is 0.274. The SMILES string of the molecule is Cc1ccc(-n2nnnc2N2CCCC(C(=O)NCC(F)(F)F)C2)cc1. The Morgan fingerprint density at radius 3 is 2.73 bits per heavy atom. The van der Waals surface area contributed by atoms with Crippen LogP contribution in [-0.4, -0.2) is 51.9 Å². The number of anilines is 1. The van der Waals surface area contributed by atoms with E-state index < -0.39 is 24.5 Å². The summed E-state index contributed by atoms with van der Waals surface area (Å²) in [5.74, 6) is -0.655. The van der Waals surface area contributed by atoms with Gasteiger partial charge in [0.1, 0.15) is 6.54 Å². The van der Waals surface area contributed by atoms with Gasteiger partial charge in [-0.1, -0.05) is 22.8 Å². The van der Waals surface area contributed by atoms with Crippen LogP contribution >= 0.6 is 0 Å². The Kier molecular flexibility index (Phi) is 5.10. The van der Waals surface area contributed by atoms with Crippen molar-refractivity contribution in [3.63, 3.8) is 0 Å². The highest BCUT2D eigenvalue weighted by Crippen LogP contribution is 2.23. The minimum atomic E-state index is -4.42. The average Bonchev–Trinajstić information content (AvgIpc) is 3.09. The van der Waals surface area contributed by atoms with E-state index in [4.69, 9.17) is 0 Å². The summed E-state index contributed by atoms with van der Waals surface area (Å²) in [5, 5.41) is 13.7. The number of hydrogen-bond acceptors (Lipinski definition) is 5. The van der Waals surface area contributed by atoms with Crippen molar-refractivity contribution in [2.45, 2.75) is 25.9 Å². The number of nitrogens with zero attached hydrogens (tertiary/aromatic N) is 5. The van der Waals surface area contributed by atoms with Crippen LogP contribution in [0.2, 0.25) is 0 Å². The first-order valence-electron chi connectivity index (χ1n) is 8.28. The highest BCUT2D eigenvalue weighted by atomic mass is 19.4. The number of benzene rings is 1. The van der Waals surface area contributed by atoms with Crippen molar-refractivity contribution in [3.05, 3.63) is 29.8 Å². The fraction of sp³-hybridized carbons (Fsp3) is 0.500. The summed E-state index contributed by atoms with van der Waals surface area (Å²) in [6.45, 7) is 1.56. The second kappa shape index (κ2) is 7.30. The minimum Gasteiger partial charge on any atom is -0.347 e. The van der Waals surface area contributed by atoms with Crippen LogP contribution in [0.1, 0.15) is 18.4 Å². The van der Waals surface area contributed by atoms with Gasteiger partial charge in [-0.2, -0.15) is 17.9 Å². The Morgan fingerprint density at radius 1 is 1.31 bits per heavy atom. The molecule has 1 saturated heterocycles. The van der Waals surface area contributed by atoms with E-state index >= 15 is 0 Å². The van der Waals surface area contributed by atoms with Crippen LogP contribution in [0.25, 0.3) is 5.69 Å². The van der Waals surface area contributed by atoms with E-state index in [-0.39, 0.29) is 6.54 Å². The number of piperidine rings is 1. The molecule has 10 heteroatoms. The normalized spacial score (nSPS) is 18.0. The zero-order valence-electron chi connectivity index (χ0n) is 14.2. The molecule has 7 nitrogen and oxygen atoms in total. The Labute approximate surface area is 148 Å². The first-order valence-corrected chi connectivity index (χ1v) is 8.28. The molecule has 0 spiro atoms. The van der Waals surface area contributed by atoms with Crippen LogP contribution in [0.4, 0.5) is 19.1 Å². The molecule has 3 rings (SSSR count). The van der Waals surface area contributed by atoms with Gasteiger partial charge in [-0.3, -0.25) is 4.79 Å². The van der Waals surface area contributed by atoms with Crippen LogP contribution in [0.5, 0.6) is 0 Å². The summed E-state index contributed by atoms with van der Waals surface area (Å²) in [7, 11) is 0. The van der Waals surface area contributed by atoms with E-state index in [1.807, 2.05) is 41.4 Å². The zero-order chi connectivity index (χ0) is 18.7. The number of carbonyl (C=O) groups is 1. The number of rotatable bonds is 4. The largest absolute Gasteiger partial charge is 0.405 e. The molecule has 0 radical (unpaired) electrons. The number of halogens is 3. The third-order valence-electron chi connectivity index (χ3n) is 4.27. The molecule has 0 aliphatic carbocycles. The number of carbonyl (C=O) groups excluding carboxylic acids is 1. The van der Waals surface area contributed by atoms with Gasteiger partial charge in [-0.05, 0) is 42.3 Å². The van der Waals surface area contributed by atoms with Crippen molar-refractivity contribution in [2.24, 2.45) is 5.92 Å². The lowest BCUT2D eigenvalue weighted by Crippen LogP contribution is -2.45. The monoisotopic (exact) mass is 368 g/mol. The predicted octanol–water partition coefficient (Wildman–Crippen LogP) is 1.87. The smallest absolute Gasteiger partial charge is 0.347 e. The molecule has 2 aromatic rings. The third kappa shape index (κ3) is 4.30. The molecule has 1 aliphatic rings. The summed E-state index contributed by atoms with van der Waals surface area (Å²) in [5.41, 5.74) is 1.88. The molecule has 26 heavy (non-hydrogen) atoms. The summed E-state index contributed by atoms with van der Waals surface area (Å²) in [4.78, 5) is 13.9. The number of tetrazole rings is 1. The quantitative estimate of drug-likeness (QED) is 0.892. The molecule has 1 atom stereocenters. The van der Waals surface area contributed by atoms with Crippen molar-refractivity contribution in [2.75, 3.05) is 24.5 Å². The van der Waals surface area contributed by atoms with Crippen LogP contribution in [0.3, 0.4) is 0 Å². The standard InChI is InChI=1S/C16H19F3N6O/c1-11-4-6-13(7-5-11)25-15(21-22-23-25)24-8-2-3-12(9-24)14(26)20-10-16(17,18)19/h4-7,12H,2-3,8-10H2,1H3,(H,20,26). The fourth-order valence-corrected chi connectivity index (χ4v) is 2.94. The predicted molar refractivity (Wildman–Crippen MR) is 87.9 cm³/mol. The van der Waals surface area contributed by atoms with Gasteiger partial charge in [0.05, 0.1) is 11.6 Å². The molecule has 2 heterocycles. The van der Waals surface area contributed by atoms with Crippen molar-refractivity contribution in [3.8, 4) is 5.69 Å². The number of alkyl halides is 3. The molecule has 1 fully saturated rings. The topological polar surface area (TPSA) is 75.9 Å². The zero-order valence-corrected chi connectivity index (χ0v) is 14.2. The Bertz CT molecular complexity index is 758. The van der Waals surface area contributed by atoms with Gasteiger partial charge in [-0.25, -0.2) is 0 Å². The second-order valence-corrected chi connectivity index (χ2v) is 6.34. The highest BCUT2D eigenvalue weighted by molar-refractivity contribution is 5.79. The lowest BCUT2D eigenvalue weighted by Gasteiger charge is -2.32. The molecule has 1 amide bonds. The Hall–Kier alpha value is -2.65. The molecule has 1 aromatic heterocycles. The maximum atomic E-state index is 12.3. The van der Waals surface area contributed by atoms with Crippen molar-refractivity contribution in [1.29, 1.82) is 0 Å². The molecule has 1 unspecified atom stereocenters. The number of aryl methyl sites for hydroxylation is 1.